The molecule has 1 aromatic rings. The summed E-state index contributed by atoms with van der Waals surface area (Å²) in [6, 6.07) is 8.28. The fourth-order valence-electron chi connectivity index (χ4n) is 2.65. The van der Waals surface area contributed by atoms with Crippen LogP contribution in [0.25, 0.3) is 0 Å². The number of fused-ring (bicyclic) bond motifs is 1. The number of hydrogen-bond donors (Lipinski definition) is 2. The first-order chi connectivity index (χ1) is 9.66. The minimum absolute atomic E-state index is 0.0741. The van der Waals surface area contributed by atoms with Crippen molar-refractivity contribution in [2.75, 3.05) is 6.54 Å². The molecule has 3 nitrogen and oxygen atoms in total. The number of carbonyl (C=O) groups is 1. The lowest BCUT2D eigenvalue weighted by Gasteiger charge is -2.25. The molecule has 0 aliphatic carbocycles. The van der Waals surface area contributed by atoms with E-state index < -0.39 is 0 Å². The largest absolute Gasteiger partial charge is 0.355 e. The molecule has 1 aliphatic heterocycles. The monoisotopic (exact) mass is 274 g/mol. The van der Waals surface area contributed by atoms with E-state index in [4.69, 9.17) is 0 Å². The Bertz CT molecular complexity index is 442. The maximum Gasteiger partial charge on any atom is 0.237 e. The van der Waals surface area contributed by atoms with E-state index in [0.29, 0.717) is 0 Å². The second-order valence-corrected chi connectivity index (χ2v) is 6.09. The maximum atomic E-state index is 12.1. The van der Waals surface area contributed by atoms with Gasteiger partial charge in [-0.25, -0.2) is 0 Å². The normalized spacial score (nSPS) is 17.9. The van der Waals surface area contributed by atoms with Crippen molar-refractivity contribution < 1.29 is 4.79 Å². The zero-order chi connectivity index (χ0) is 14.4. The molecule has 3 heteroatoms. The van der Waals surface area contributed by atoms with Gasteiger partial charge in [0.05, 0.1) is 6.04 Å². The summed E-state index contributed by atoms with van der Waals surface area (Å²) in [5.74, 6) is 0.895. The summed E-state index contributed by atoms with van der Waals surface area (Å²) < 4.78 is 0. The molecular weight excluding hydrogens is 248 g/mol. The second-order valence-electron chi connectivity index (χ2n) is 6.09. The van der Waals surface area contributed by atoms with Crippen LogP contribution in [-0.2, 0) is 17.8 Å². The van der Waals surface area contributed by atoms with Gasteiger partial charge in [-0.05, 0) is 29.9 Å². The number of carbonyl (C=O) groups excluding carboxylic acids is 1. The van der Waals surface area contributed by atoms with Crippen LogP contribution in [0.15, 0.2) is 24.3 Å². The summed E-state index contributed by atoms with van der Waals surface area (Å²) in [5, 5.41) is 6.38. The van der Waals surface area contributed by atoms with Crippen LogP contribution in [0.3, 0.4) is 0 Å². The van der Waals surface area contributed by atoms with Gasteiger partial charge in [-0.3, -0.25) is 4.79 Å². The van der Waals surface area contributed by atoms with Gasteiger partial charge in [0.25, 0.3) is 0 Å². The Morgan fingerprint density at radius 3 is 2.80 bits per heavy atom. The molecule has 0 saturated heterocycles. The van der Waals surface area contributed by atoms with Gasteiger partial charge < -0.3 is 10.6 Å². The van der Waals surface area contributed by atoms with Crippen LogP contribution in [0.2, 0.25) is 0 Å². The summed E-state index contributed by atoms with van der Waals surface area (Å²) >= 11 is 0. The molecule has 0 spiro atoms. The molecule has 0 unspecified atom stereocenters. The molecule has 0 saturated carbocycles. The molecule has 110 valence electrons. The first-order valence-electron chi connectivity index (χ1n) is 7.74. The number of unbranched alkanes of at least 4 members (excludes halogenated alkanes) is 1. The van der Waals surface area contributed by atoms with Gasteiger partial charge >= 0.3 is 0 Å². The van der Waals surface area contributed by atoms with Gasteiger partial charge in [-0.2, -0.15) is 0 Å². The Balaban J connectivity index is 1.72. The zero-order valence-electron chi connectivity index (χ0n) is 12.6. The van der Waals surface area contributed by atoms with Crippen molar-refractivity contribution in [2.24, 2.45) is 5.92 Å². The molecule has 0 fully saturated rings. The standard InChI is InChI=1S/C17H26N2O/c1-13(2)7-5-6-10-18-17(20)16-11-14-8-3-4-9-15(14)12-19-16/h3-4,8-9,13,16,19H,5-7,10-12H2,1-2H3,(H,18,20)/t16-/m0/s1. The van der Waals surface area contributed by atoms with Crippen LogP contribution in [-0.4, -0.2) is 18.5 Å². The van der Waals surface area contributed by atoms with Gasteiger partial charge in [-0.1, -0.05) is 51.0 Å². The third-order valence-electron chi connectivity index (χ3n) is 3.91. The minimum atomic E-state index is -0.0741. The van der Waals surface area contributed by atoms with Crippen LogP contribution in [0, 0.1) is 5.92 Å². The Labute approximate surface area is 122 Å². The lowest BCUT2D eigenvalue weighted by Crippen LogP contribution is -2.47. The summed E-state index contributed by atoms with van der Waals surface area (Å²) in [6.45, 7) is 6.07. The topological polar surface area (TPSA) is 41.1 Å². The molecule has 0 radical (unpaired) electrons. The molecular formula is C17H26N2O. The summed E-state index contributed by atoms with van der Waals surface area (Å²) in [4.78, 5) is 12.1. The van der Waals surface area contributed by atoms with Crippen LogP contribution < -0.4 is 10.6 Å². The Morgan fingerprint density at radius 1 is 1.30 bits per heavy atom. The van der Waals surface area contributed by atoms with Crippen molar-refractivity contribution in [3.63, 3.8) is 0 Å². The summed E-state index contributed by atoms with van der Waals surface area (Å²) in [6.07, 6.45) is 4.31. The van der Waals surface area contributed by atoms with E-state index in [2.05, 4.69) is 42.7 Å². The van der Waals surface area contributed by atoms with E-state index in [-0.39, 0.29) is 11.9 Å². The summed E-state index contributed by atoms with van der Waals surface area (Å²) in [7, 11) is 0. The number of nitrogens with one attached hydrogen (secondary N) is 2. The lowest BCUT2D eigenvalue weighted by atomic mass is 9.95. The number of rotatable bonds is 6. The second kappa shape index (κ2) is 7.44. The third kappa shape index (κ3) is 4.34. The van der Waals surface area contributed by atoms with Crippen molar-refractivity contribution in [3.05, 3.63) is 35.4 Å². The SMILES string of the molecule is CC(C)CCCCNC(=O)[C@@H]1Cc2ccccc2CN1. The molecule has 1 heterocycles. The van der Waals surface area contributed by atoms with E-state index in [9.17, 15) is 4.79 Å². The van der Waals surface area contributed by atoms with Gasteiger partial charge in [-0.15, -0.1) is 0 Å². The average Bonchev–Trinajstić information content (AvgIpc) is 2.46. The fourth-order valence-corrected chi connectivity index (χ4v) is 2.65. The molecule has 2 rings (SSSR count). The van der Waals surface area contributed by atoms with E-state index in [0.717, 1.165) is 31.8 Å². The van der Waals surface area contributed by atoms with E-state index in [1.54, 1.807) is 0 Å². The quantitative estimate of drug-likeness (QED) is 0.783. The number of benzene rings is 1. The van der Waals surface area contributed by atoms with Gasteiger partial charge in [0, 0.05) is 13.1 Å². The molecule has 0 bridgehead atoms. The first kappa shape index (κ1) is 15.0. The fraction of sp³-hybridized carbons (Fsp3) is 0.588. The van der Waals surface area contributed by atoms with E-state index in [1.807, 2.05) is 6.07 Å². The highest BCUT2D eigenvalue weighted by Crippen LogP contribution is 2.16. The van der Waals surface area contributed by atoms with Crippen molar-refractivity contribution in [1.82, 2.24) is 10.6 Å². The predicted octanol–water partition coefficient (Wildman–Crippen LogP) is 2.64. The highest BCUT2D eigenvalue weighted by molar-refractivity contribution is 5.82. The Hall–Kier alpha value is -1.35. The molecule has 1 atom stereocenters. The highest BCUT2D eigenvalue weighted by atomic mass is 16.2. The minimum Gasteiger partial charge on any atom is -0.355 e. The molecule has 1 aromatic carbocycles. The van der Waals surface area contributed by atoms with Gasteiger partial charge in [0.15, 0.2) is 0 Å². The molecule has 20 heavy (non-hydrogen) atoms. The molecule has 1 amide bonds. The predicted molar refractivity (Wildman–Crippen MR) is 82.5 cm³/mol. The highest BCUT2D eigenvalue weighted by Gasteiger charge is 2.23. The van der Waals surface area contributed by atoms with Crippen LogP contribution in [0.5, 0.6) is 0 Å². The van der Waals surface area contributed by atoms with Crippen LogP contribution in [0.4, 0.5) is 0 Å². The van der Waals surface area contributed by atoms with E-state index in [1.165, 1.54) is 24.0 Å². The molecule has 0 aromatic heterocycles. The average molecular weight is 274 g/mol. The lowest BCUT2D eigenvalue weighted by molar-refractivity contribution is -0.123. The maximum absolute atomic E-state index is 12.1. The van der Waals surface area contributed by atoms with Crippen molar-refractivity contribution in [1.29, 1.82) is 0 Å². The Morgan fingerprint density at radius 2 is 2.05 bits per heavy atom. The van der Waals surface area contributed by atoms with Gasteiger partial charge in [0.1, 0.15) is 0 Å². The van der Waals surface area contributed by atoms with Gasteiger partial charge in [0.2, 0.25) is 5.91 Å². The summed E-state index contributed by atoms with van der Waals surface area (Å²) in [5.41, 5.74) is 2.61. The zero-order valence-corrected chi connectivity index (χ0v) is 12.6. The van der Waals surface area contributed by atoms with Crippen LogP contribution >= 0.6 is 0 Å². The van der Waals surface area contributed by atoms with E-state index >= 15 is 0 Å². The van der Waals surface area contributed by atoms with Crippen LogP contribution in [0.1, 0.15) is 44.2 Å². The smallest absolute Gasteiger partial charge is 0.237 e. The first-order valence-corrected chi connectivity index (χ1v) is 7.74. The molecule has 1 aliphatic rings. The number of amides is 1. The Kier molecular flexibility index (Phi) is 5.60. The number of hydrogen-bond acceptors (Lipinski definition) is 2. The van der Waals surface area contributed by atoms with Crippen molar-refractivity contribution >= 4 is 5.91 Å². The molecule has 2 N–H and O–H groups in total. The van der Waals surface area contributed by atoms with Crippen molar-refractivity contribution in [3.8, 4) is 0 Å². The third-order valence-corrected chi connectivity index (χ3v) is 3.91. The van der Waals surface area contributed by atoms with Crippen molar-refractivity contribution in [2.45, 2.75) is 52.1 Å².